The van der Waals surface area contributed by atoms with Gasteiger partial charge in [-0.05, 0) is 56.3 Å². The Hall–Kier alpha value is -2.78. The molecule has 1 atom stereocenters. The number of carbonyl (C=O) groups excluding carboxylic acids is 2. The van der Waals surface area contributed by atoms with E-state index in [1.54, 1.807) is 43.3 Å². The average molecular weight is 417 g/mol. The second-order valence-corrected chi connectivity index (χ2v) is 8.46. The first kappa shape index (κ1) is 20.0. The standard InChI is InChI=1S/C19H17FN4O2S2/c1-11(25)13-6-8-15(9-7-13)21-17(26)12(2)27-19-24-23-18(28-19)22-16-5-3-4-14(20)10-16/h3-10,12H,1-2H3,(H,21,26)(H,22,23)/t12-/m0/s1. The number of carbonyl (C=O) groups is 2. The molecule has 0 radical (unpaired) electrons. The van der Waals surface area contributed by atoms with Gasteiger partial charge in [-0.3, -0.25) is 9.59 Å². The highest BCUT2D eigenvalue weighted by Gasteiger charge is 2.17. The number of ketones is 1. The Morgan fingerprint density at radius 3 is 2.54 bits per heavy atom. The van der Waals surface area contributed by atoms with Crippen LogP contribution in [-0.4, -0.2) is 27.1 Å². The number of nitrogens with one attached hydrogen (secondary N) is 2. The fraction of sp³-hybridized carbons (Fsp3) is 0.158. The van der Waals surface area contributed by atoms with Crippen molar-refractivity contribution < 1.29 is 14.0 Å². The smallest absolute Gasteiger partial charge is 0.237 e. The minimum atomic E-state index is -0.401. The van der Waals surface area contributed by atoms with E-state index in [1.165, 1.54) is 42.2 Å². The van der Waals surface area contributed by atoms with Crippen molar-refractivity contribution in [1.29, 1.82) is 0 Å². The normalized spacial score (nSPS) is 11.7. The first-order valence-electron chi connectivity index (χ1n) is 8.35. The van der Waals surface area contributed by atoms with Crippen molar-refractivity contribution in [3.05, 3.63) is 59.9 Å². The van der Waals surface area contributed by atoms with Crippen LogP contribution in [0.3, 0.4) is 0 Å². The summed E-state index contributed by atoms with van der Waals surface area (Å²) < 4.78 is 13.9. The predicted octanol–water partition coefficient (Wildman–Crippen LogP) is 4.74. The fourth-order valence-corrected chi connectivity index (χ4v) is 4.15. The summed E-state index contributed by atoms with van der Waals surface area (Å²) in [4.78, 5) is 23.7. The number of hydrogen-bond donors (Lipinski definition) is 2. The summed E-state index contributed by atoms with van der Waals surface area (Å²) in [7, 11) is 0. The Morgan fingerprint density at radius 1 is 1.11 bits per heavy atom. The first-order chi connectivity index (χ1) is 13.4. The highest BCUT2D eigenvalue weighted by atomic mass is 32.2. The van der Waals surface area contributed by atoms with Crippen molar-refractivity contribution in [3.63, 3.8) is 0 Å². The van der Waals surface area contributed by atoms with Crippen molar-refractivity contribution in [2.24, 2.45) is 0 Å². The number of rotatable bonds is 7. The van der Waals surface area contributed by atoms with Crippen molar-refractivity contribution in [1.82, 2.24) is 10.2 Å². The minimum absolute atomic E-state index is 0.0271. The van der Waals surface area contributed by atoms with E-state index in [2.05, 4.69) is 20.8 Å². The summed E-state index contributed by atoms with van der Waals surface area (Å²) in [5.74, 6) is -0.554. The Bertz CT molecular complexity index is 992. The van der Waals surface area contributed by atoms with Crippen molar-refractivity contribution in [2.45, 2.75) is 23.4 Å². The lowest BCUT2D eigenvalue weighted by Crippen LogP contribution is -2.22. The van der Waals surface area contributed by atoms with Crippen LogP contribution in [0.2, 0.25) is 0 Å². The summed E-state index contributed by atoms with van der Waals surface area (Å²) in [6.07, 6.45) is 0. The summed E-state index contributed by atoms with van der Waals surface area (Å²) in [5.41, 5.74) is 1.79. The molecule has 0 aliphatic carbocycles. The van der Waals surface area contributed by atoms with Crippen LogP contribution >= 0.6 is 23.1 Å². The molecular formula is C19H17FN4O2S2. The van der Waals surface area contributed by atoms with Crippen LogP contribution in [-0.2, 0) is 4.79 Å². The molecule has 0 saturated carbocycles. The molecule has 0 bridgehead atoms. The van der Waals surface area contributed by atoms with Gasteiger partial charge in [-0.25, -0.2) is 4.39 Å². The minimum Gasteiger partial charge on any atom is -0.330 e. The number of benzene rings is 2. The van der Waals surface area contributed by atoms with Crippen LogP contribution in [0.25, 0.3) is 0 Å². The van der Waals surface area contributed by atoms with Gasteiger partial charge in [0.25, 0.3) is 0 Å². The van der Waals surface area contributed by atoms with Crippen molar-refractivity contribution >= 4 is 51.3 Å². The molecular weight excluding hydrogens is 399 g/mol. The fourth-order valence-electron chi connectivity index (χ4n) is 2.23. The molecule has 0 unspecified atom stereocenters. The molecule has 0 saturated heterocycles. The molecule has 3 rings (SSSR count). The SMILES string of the molecule is CC(=O)c1ccc(NC(=O)[C@H](C)Sc2nnc(Nc3cccc(F)c3)s2)cc1. The van der Waals surface area contributed by atoms with E-state index in [-0.39, 0.29) is 17.5 Å². The van der Waals surface area contributed by atoms with E-state index in [4.69, 9.17) is 0 Å². The van der Waals surface area contributed by atoms with E-state index in [0.29, 0.717) is 26.4 Å². The zero-order chi connectivity index (χ0) is 20.1. The number of anilines is 3. The molecule has 0 fully saturated rings. The Labute approximate surface area is 169 Å². The molecule has 3 aromatic rings. The average Bonchev–Trinajstić information content (AvgIpc) is 3.09. The monoisotopic (exact) mass is 416 g/mol. The zero-order valence-electron chi connectivity index (χ0n) is 15.1. The number of Topliss-reactive ketones (excluding diaryl/α,β-unsaturated/α-hetero) is 1. The van der Waals surface area contributed by atoms with E-state index in [1.807, 2.05) is 0 Å². The Balaban J connectivity index is 1.56. The third-order valence-electron chi connectivity index (χ3n) is 3.69. The highest BCUT2D eigenvalue weighted by Crippen LogP contribution is 2.31. The maximum atomic E-state index is 13.2. The molecule has 2 N–H and O–H groups in total. The van der Waals surface area contributed by atoms with Crippen molar-refractivity contribution in [3.8, 4) is 0 Å². The quantitative estimate of drug-likeness (QED) is 0.427. The van der Waals surface area contributed by atoms with Gasteiger partial charge >= 0.3 is 0 Å². The largest absolute Gasteiger partial charge is 0.330 e. The third kappa shape index (κ3) is 5.37. The number of amides is 1. The van der Waals surface area contributed by atoms with Gasteiger partial charge in [-0.2, -0.15) is 0 Å². The van der Waals surface area contributed by atoms with Gasteiger partial charge in [0.15, 0.2) is 10.1 Å². The molecule has 28 heavy (non-hydrogen) atoms. The zero-order valence-corrected chi connectivity index (χ0v) is 16.7. The summed E-state index contributed by atoms with van der Waals surface area (Å²) in [6.45, 7) is 3.26. The summed E-state index contributed by atoms with van der Waals surface area (Å²) >= 11 is 2.56. The Kier molecular flexibility index (Phi) is 6.37. The lowest BCUT2D eigenvalue weighted by atomic mass is 10.1. The number of thioether (sulfide) groups is 1. The lowest BCUT2D eigenvalue weighted by Gasteiger charge is -2.10. The molecule has 9 heteroatoms. The molecule has 0 aliphatic heterocycles. The van der Waals surface area contributed by atoms with Crippen LogP contribution in [0.4, 0.5) is 20.9 Å². The van der Waals surface area contributed by atoms with Gasteiger partial charge in [0, 0.05) is 16.9 Å². The first-order valence-corrected chi connectivity index (χ1v) is 10.0. The number of aromatic nitrogens is 2. The van der Waals surface area contributed by atoms with E-state index >= 15 is 0 Å². The highest BCUT2D eigenvalue weighted by molar-refractivity contribution is 8.02. The second-order valence-electron chi connectivity index (χ2n) is 5.89. The molecule has 1 amide bonds. The Morgan fingerprint density at radius 2 is 1.86 bits per heavy atom. The maximum Gasteiger partial charge on any atom is 0.237 e. The van der Waals surface area contributed by atoms with Crippen LogP contribution < -0.4 is 10.6 Å². The molecule has 0 aliphatic rings. The van der Waals surface area contributed by atoms with E-state index in [9.17, 15) is 14.0 Å². The summed E-state index contributed by atoms with van der Waals surface area (Å²) in [6, 6.07) is 12.8. The van der Waals surface area contributed by atoms with Gasteiger partial charge in [-0.15, -0.1) is 10.2 Å². The van der Waals surface area contributed by atoms with Crippen LogP contribution in [0, 0.1) is 5.82 Å². The van der Waals surface area contributed by atoms with Gasteiger partial charge < -0.3 is 10.6 Å². The van der Waals surface area contributed by atoms with E-state index in [0.717, 1.165) is 0 Å². The lowest BCUT2D eigenvalue weighted by molar-refractivity contribution is -0.115. The number of hydrogen-bond acceptors (Lipinski definition) is 7. The molecule has 2 aromatic carbocycles. The molecule has 6 nitrogen and oxygen atoms in total. The third-order valence-corrected chi connectivity index (χ3v) is 5.71. The van der Waals surface area contributed by atoms with Crippen molar-refractivity contribution in [2.75, 3.05) is 10.6 Å². The van der Waals surface area contributed by atoms with Gasteiger partial charge in [0.05, 0.1) is 5.25 Å². The van der Waals surface area contributed by atoms with Gasteiger partial charge in [0.1, 0.15) is 5.82 Å². The van der Waals surface area contributed by atoms with Gasteiger partial charge in [-0.1, -0.05) is 29.2 Å². The van der Waals surface area contributed by atoms with Crippen LogP contribution in [0.1, 0.15) is 24.2 Å². The number of halogens is 1. The molecule has 1 heterocycles. The second kappa shape index (κ2) is 8.94. The molecule has 144 valence electrons. The summed E-state index contributed by atoms with van der Waals surface area (Å²) in [5, 5.41) is 14.0. The molecule has 0 spiro atoms. The van der Waals surface area contributed by atoms with Crippen LogP contribution in [0.5, 0.6) is 0 Å². The van der Waals surface area contributed by atoms with E-state index < -0.39 is 5.25 Å². The molecule has 1 aromatic heterocycles. The van der Waals surface area contributed by atoms with Crippen LogP contribution in [0.15, 0.2) is 52.9 Å². The number of nitrogens with zero attached hydrogens (tertiary/aromatic N) is 2. The van der Waals surface area contributed by atoms with Gasteiger partial charge in [0.2, 0.25) is 11.0 Å². The maximum absolute atomic E-state index is 13.2. The predicted molar refractivity (Wildman–Crippen MR) is 110 cm³/mol. The topological polar surface area (TPSA) is 84.0 Å².